The van der Waals surface area contributed by atoms with Crippen molar-refractivity contribution < 1.29 is 14.5 Å². The number of rotatable bonds is 6. The van der Waals surface area contributed by atoms with Crippen LogP contribution in [-0.2, 0) is 22.6 Å². The van der Waals surface area contributed by atoms with Crippen LogP contribution in [0.15, 0.2) is 60.7 Å². The summed E-state index contributed by atoms with van der Waals surface area (Å²) in [5, 5.41) is 0. The molecule has 0 bridgehead atoms. The number of carbonyl (C=O) groups excluding carboxylic acids is 2. The fraction of sp³-hybridized carbons (Fsp3) is 0.300. The van der Waals surface area contributed by atoms with Crippen LogP contribution in [0.2, 0.25) is 0 Å². The Morgan fingerprint density at radius 1 is 0.958 bits per heavy atom. The molecule has 0 radical (unpaired) electrons. The molecular weight excluding hydrogens is 300 g/mol. The summed E-state index contributed by atoms with van der Waals surface area (Å²) in [6.45, 7) is 1.22. The largest absolute Gasteiger partial charge is 0.323 e. The molecule has 124 valence electrons. The number of nitrogens with zero attached hydrogens (tertiary/aromatic N) is 1. The third-order valence-corrected chi connectivity index (χ3v) is 4.63. The van der Waals surface area contributed by atoms with Crippen LogP contribution in [-0.4, -0.2) is 36.3 Å². The predicted molar refractivity (Wildman–Crippen MR) is 92.3 cm³/mol. The second-order valence-electron chi connectivity index (χ2n) is 6.38. The van der Waals surface area contributed by atoms with Crippen LogP contribution >= 0.6 is 0 Å². The highest BCUT2D eigenvalue weighted by Crippen LogP contribution is 2.13. The Morgan fingerprint density at radius 2 is 1.54 bits per heavy atom. The average Bonchev–Trinajstić information content (AvgIpc) is 2.89. The van der Waals surface area contributed by atoms with Crippen LogP contribution in [0.1, 0.15) is 17.5 Å². The molecule has 1 unspecified atom stereocenters. The van der Waals surface area contributed by atoms with Gasteiger partial charge in [0.05, 0.1) is 13.5 Å². The lowest BCUT2D eigenvalue weighted by Crippen LogP contribution is -3.12. The van der Waals surface area contributed by atoms with Gasteiger partial charge in [-0.15, -0.1) is 0 Å². The molecule has 24 heavy (non-hydrogen) atoms. The van der Waals surface area contributed by atoms with Gasteiger partial charge in [0.15, 0.2) is 6.04 Å². The van der Waals surface area contributed by atoms with Crippen molar-refractivity contribution in [3.05, 3.63) is 71.8 Å². The number of carbonyl (C=O) groups is 2. The van der Waals surface area contributed by atoms with Crippen molar-refractivity contribution in [1.29, 1.82) is 0 Å². The van der Waals surface area contributed by atoms with Crippen LogP contribution in [0.25, 0.3) is 0 Å². The Kier molecular flexibility index (Phi) is 5.06. The Bertz CT molecular complexity index is 700. The number of quaternary nitrogens is 1. The molecule has 0 aromatic heterocycles. The monoisotopic (exact) mass is 323 g/mol. The van der Waals surface area contributed by atoms with Gasteiger partial charge in [-0.2, -0.15) is 0 Å². The van der Waals surface area contributed by atoms with E-state index in [2.05, 4.69) is 12.1 Å². The molecule has 4 nitrogen and oxygen atoms in total. The van der Waals surface area contributed by atoms with Crippen LogP contribution < -0.4 is 4.90 Å². The van der Waals surface area contributed by atoms with Gasteiger partial charge in [0, 0.05) is 12.1 Å². The summed E-state index contributed by atoms with van der Waals surface area (Å²) in [6.07, 6.45) is 1.02. The minimum absolute atomic E-state index is 0.0376. The lowest BCUT2D eigenvalue weighted by atomic mass is 10.1. The maximum atomic E-state index is 12.7. The zero-order chi connectivity index (χ0) is 16.9. The highest BCUT2D eigenvalue weighted by Gasteiger charge is 2.43. The molecule has 1 aliphatic heterocycles. The standard InChI is InChI=1S/C20H22N2O2/c1-21(15-17-10-6-3-7-11-17)18-14-19(23)22(20(18)24)13-12-16-8-4-2-5-9-16/h2-11,18H,12-15H2,1H3/p+1/t18-/m0/s1. The number of nitrogens with one attached hydrogen (secondary N) is 1. The molecule has 0 saturated carbocycles. The van der Waals surface area contributed by atoms with Crippen LogP contribution in [0, 0.1) is 0 Å². The molecule has 3 rings (SSSR count). The minimum Gasteiger partial charge on any atom is -0.323 e. The molecular formula is C20H23N2O2+. The van der Waals surface area contributed by atoms with Crippen LogP contribution in [0.4, 0.5) is 0 Å². The molecule has 2 aromatic carbocycles. The second kappa shape index (κ2) is 7.41. The van der Waals surface area contributed by atoms with E-state index in [0.717, 1.165) is 17.0 Å². The van der Waals surface area contributed by atoms with E-state index in [1.165, 1.54) is 10.5 Å². The Hall–Kier alpha value is -2.46. The van der Waals surface area contributed by atoms with Gasteiger partial charge >= 0.3 is 0 Å². The molecule has 0 aliphatic carbocycles. The van der Waals surface area contributed by atoms with E-state index in [4.69, 9.17) is 0 Å². The summed E-state index contributed by atoms with van der Waals surface area (Å²) >= 11 is 0. The van der Waals surface area contributed by atoms with Crippen molar-refractivity contribution in [2.45, 2.75) is 25.4 Å². The van der Waals surface area contributed by atoms with E-state index < -0.39 is 0 Å². The summed E-state index contributed by atoms with van der Waals surface area (Å²) in [5.74, 6) is -0.0855. The smallest absolute Gasteiger partial charge is 0.288 e. The lowest BCUT2D eigenvalue weighted by Gasteiger charge is -2.20. The van der Waals surface area contributed by atoms with Crippen molar-refractivity contribution in [3.8, 4) is 0 Å². The minimum atomic E-state index is -0.270. The summed E-state index contributed by atoms with van der Waals surface area (Å²) < 4.78 is 0. The number of imide groups is 1. The van der Waals surface area contributed by atoms with Gasteiger partial charge in [-0.3, -0.25) is 14.5 Å². The van der Waals surface area contributed by atoms with Crippen molar-refractivity contribution in [1.82, 2.24) is 4.90 Å². The normalized spacial score (nSPS) is 18.9. The Morgan fingerprint density at radius 3 is 2.17 bits per heavy atom. The fourth-order valence-electron chi connectivity index (χ4n) is 3.23. The lowest BCUT2D eigenvalue weighted by molar-refractivity contribution is -0.909. The van der Waals surface area contributed by atoms with Gasteiger partial charge in [0.2, 0.25) is 5.91 Å². The third-order valence-electron chi connectivity index (χ3n) is 4.63. The first-order valence-corrected chi connectivity index (χ1v) is 8.39. The third kappa shape index (κ3) is 3.71. The first kappa shape index (κ1) is 16.4. The zero-order valence-electron chi connectivity index (χ0n) is 13.9. The molecule has 4 heteroatoms. The van der Waals surface area contributed by atoms with Gasteiger partial charge in [-0.05, 0) is 12.0 Å². The Balaban J connectivity index is 1.61. The topological polar surface area (TPSA) is 41.8 Å². The van der Waals surface area contributed by atoms with E-state index in [-0.39, 0.29) is 17.9 Å². The van der Waals surface area contributed by atoms with Crippen molar-refractivity contribution in [2.24, 2.45) is 0 Å². The maximum Gasteiger partial charge on any atom is 0.288 e. The van der Waals surface area contributed by atoms with Gasteiger partial charge in [0.1, 0.15) is 6.54 Å². The quantitative estimate of drug-likeness (QED) is 0.808. The summed E-state index contributed by atoms with van der Waals surface area (Å²) in [7, 11) is 1.99. The molecule has 1 saturated heterocycles. The molecule has 2 aromatic rings. The predicted octanol–water partition coefficient (Wildman–Crippen LogP) is 1.07. The SMILES string of the molecule is C[NH+](Cc1ccccc1)[C@H]1CC(=O)N(CCc2ccccc2)C1=O. The molecule has 2 amide bonds. The summed E-state index contributed by atoms with van der Waals surface area (Å²) in [6, 6.07) is 19.8. The van der Waals surface area contributed by atoms with E-state index in [0.29, 0.717) is 19.4 Å². The van der Waals surface area contributed by atoms with Crippen LogP contribution in [0.5, 0.6) is 0 Å². The molecule has 1 fully saturated rings. The van der Waals surface area contributed by atoms with Gasteiger partial charge in [-0.25, -0.2) is 0 Å². The number of hydrogen-bond acceptors (Lipinski definition) is 2. The Labute approximate surface area is 142 Å². The zero-order valence-corrected chi connectivity index (χ0v) is 13.9. The fourth-order valence-corrected chi connectivity index (χ4v) is 3.23. The molecule has 1 N–H and O–H groups in total. The van der Waals surface area contributed by atoms with Crippen molar-refractivity contribution in [2.75, 3.05) is 13.6 Å². The highest BCUT2D eigenvalue weighted by atomic mass is 16.2. The summed E-state index contributed by atoms with van der Waals surface area (Å²) in [4.78, 5) is 27.4. The van der Waals surface area contributed by atoms with Crippen molar-refractivity contribution >= 4 is 11.8 Å². The van der Waals surface area contributed by atoms with E-state index in [1.54, 1.807) is 0 Å². The molecule has 0 spiro atoms. The summed E-state index contributed by atoms with van der Waals surface area (Å²) in [5.41, 5.74) is 2.32. The molecule has 1 heterocycles. The second-order valence-corrected chi connectivity index (χ2v) is 6.38. The van der Waals surface area contributed by atoms with E-state index >= 15 is 0 Å². The van der Waals surface area contributed by atoms with Crippen molar-refractivity contribution in [3.63, 3.8) is 0 Å². The first-order valence-electron chi connectivity index (χ1n) is 8.39. The maximum absolute atomic E-state index is 12.7. The highest BCUT2D eigenvalue weighted by molar-refractivity contribution is 6.04. The first-order chi connectivity index (χ1) is 11.6. The number of amides is 2. The van der Waals surface area contributed by atoms with Gasteiger partial charge in [-0.1, -0.05) is 60.7 Å². The van der Waals surface area contributed by atoms with E-state index in [9.17, 15) is 9.59 Å². The van der Waals surface area contributed by atoms with Crippen LogP contribution in [0.3, 0.4) is 0 Å². The molecule has 1 aliphatic rings. The number of benzene rings is 2. The average molecular weight is 323 g/mol. The number of likely N-dealkylation sites (tertiary alicyclic amines) is 1. The van der Waals surface area contributed by atoms with Gasteiger partial charge in [0.25, 0.3) is 5.91 Å². The van der Waals surface area contributed by atoms with E-state index in [1.807, 2.05) is 55.6 Å². The van der Waals surface area contributed by atoms with Gasteiger partial charge < -0.3 is 4.90 Å². The number of likely N-dealkylation sites (N-methyl/N-ethyl adjacent to an activating group) is 1. The molecule has 2 atom stereocenters. The number of hydrogen-bond donors (Lipinski definition) is 1.